The van der Waals surface area contributed by atoms with Crippen LogP contribution in [-0.4, -0.2) is 5.91 Å². The molecule has 3 rings (SSSR count). The standard InChI is InChI=1S/C14H15NO/c1-9-3-2-4-10-5-7-12-11(14(9)10)6-8-13(16)15-12/h2-4H,5-8H2,1H3,(H,15,16). The summed E-state index contributed by atoms with van der Waals surface area (Å²) in [7, 11) is 0. The summed E-state index contributed by atoms with van der Waals surface area (Å²) >= 11 is 0. The zero-order valence-electron chi connectivity index (χ0n) is 9.47. The molecule has 2 nitrogen and oxygen atoms in total. The molecule has 1 amide bonds. The first kappa shape index (κ1) is 9.64. The Bertz CT molecular complexity index is 499. The maximum absolute atomic E-state index is 11.4. The highest BCUT2D eigenvalue weighted by molar-refractivity contribution is 5.88. The van der Waals surface area contributed by atoms with E-state index in [1.54, 1.807) is 0 Å². The number of amides is 1. The van der Waals surface area contributed by atoms with Crippen LogP contribution in [0.25, 0.3) is 5.57 Å². The highest BCUT2D eigenvalue weighted by atomic mass is 16.1. The van der Waals surface area contributed by atoms with Gasteiger partial charge in [-0.15, -0.1) is 0 Å². The van der Waals surface area contributed by atoms with Crippen molar-refractivity contribution >= 4 is 11.5 Å². The minimum absolute atomic E-state index is 0.177. The van der Waals surface area contributed by atoms with Gasteiger partial charge in [-0.2, -0.15) is 0 Å². The van der Waals surface area contributed by atoms with Crippen LogP contribution in [0.3, 0.4) is 0 Å². The van der Waals surface area contributed by atoms with Gasteiger partial charge in [-0.05, 0) is 48.4 Å². The molecule has 2 aliphatic rings. The molecule has 0 unspecified atom stereocenters. The SMILES string of the molecule is Cc1cccc2c1C1=C(CC2)NC(=O)CC1. The van der Waals surface area contributed by atoms with Crippen LogP contribution in [0.1, 0.15) is 36.0 Å². The lowest BCUT2D eigenvalue weighted by atomic mass is 9.82. The Labute approximate surface area is 95.4 Å². The fourth-order valence-corrected chi connectivity index (χ4v) is 2.81. The number of benzene rings is 1. The molecule has 1 aliphatic heterocycles. The van der Waals surface area contributed by atoms with E-state index in [0.717, 1.165) is 25.0 Å². The Kier molecular flexibility index (Phi) is 2.10. The molecule has 0 saturated carbocycles. The Hall–Kier alpha value is -1.57. The second-order valence-corrected chi connectivity index (χ2v) is 4.61. The van der Waals surface area contributed by atoms with Gasteiger partial charge in [-0.25, -0.2) is 0 Å². The van der Waals surface area contributed by atoms with Crippen LogP contribution in [0, 0.1) is 6.92 Å². The maximum Gasteiger partial charge on any atom is 0.224 e. The van der Waals surface area contributed by atoms with Crippen LogP contribution in [0.15, 0.2) is 23.9 Å². The number of hydrogen-bond acceptors (Lipinski definition) is 1. The van der Waals surface area contributed by atoms with Gasteiger partial charge < -0.3 is 5.32 Å². The Morgan fingerprint density at radius 3 is 2.88 bits per heavy atom. The summed E-state index contributed by atoms with van der Waals surface area (Å²) in [6.07, 6.45) is 3.57. The molecule has 1 N–H and O–H groups in total. The smallest absolute Gasteiger partial charge is 0.224 e. The number of allylic oxidation sites excluding steroid dienone is 2. The van der Waals surface area contributed by atoms with Crippen LogP contribution < -0.4 is 5.32 Å². The highest BCUT2D eigenvalue weighted by Crippen LogP contribution is 2.36. The van der Waals surface area contributed by atoms with Crippen LogP contribution in [0.5, 0.6) is 0 Å². The largest absolute Gasteiger partial charge is 0.329 e. The second-order valence-electron chi connectivity index (χ2n) is 4.61. The van der Waals surface area contributed by atoms with Crippen molar-refractivity contribution in [1.29, 1.82) is 0 Å². The van der Waals surface area contributed by atoms with Gasteiger partial charge >= 0.3 is 0 Å². The number of nitrogens with one attached hydrogen (secondary N) is 1. The van der Waals surface area contributed by atoms with E-state index >= 15 is 0 Å². The zero-order chi connectivity index (χ0) is 11.1. The van der Waals surface area contributed by atoms with Crippen molar-refractivity contribution in [2.75, 3.05) is 0 Å². The van der Waals surface area contributed by atoms with Crippen molar-refractivity contribution in [3.05, 3.63) is 40.6 Å². The monoisotopic (exact) mass is 213 g/mol. The van der Waals surface area contributed by atoms with Gasteiger partial charge in [-0.3, -0.25) is 4.79 Å². The molecule has 0 radical (unpaired) electrons. The van der Waals surface area contributed by atoms with E-state index in [4.69, 9.17) is 0 Å². The van der Waals surface area contributed by atoms with Crippen LogP contribution in [0.4, 0.5) is 0 Å². The van der Waals surface area contributed by atoms with Gasteiger partial charge in [0.1, 0.15) is 0 Å². The normalized spacial score (nSPS) is 18.9. The first-order chi connectivity index (χ1) is 7.75. The van der Waals surface area contributed by atoms with Gasteiger partial charge in [-0.1, -0.05) is 18.2 Å². The van der Waals surface area contributed by atoms with Crippen LogP contribution in [0.2, 0.25) is 0 Å². The third-order valence-electron chi connectivity index (χ3n) is 3.56. The molecular formula is C14H15NO. The summed E-state index contributed by atoms with van der Waals surface area (Å²) in [5.74, 6) is 0.177. The summed E-state index contributed by atoms with van der Waals surface area (Å²) in [4.78, 5) is 11.4. The first-order valence-corrected chi connectivity index (χ1v) is 5.86. The molecule has 1 heterocycles. The van der Waals surface area contributed by atoms with Crippen LogP contribution >= 0.6 is 0 Å². The molecule has 82 valence electrons. The van der Waals surface area contributed by atoms with Gasteiger partial charge in [0.2, 0.25) is 5.91 Å². The molecule has 1 aromatic rings. The van der Waals surface area contributed by atoms with E-state index < -0.39 is 0 Å². The third kappa shape index (κ3) is 1.37. The number of fused-ring (bicyclic) bond motifs is 2. The lowest BCUT2D eigenvalue weighted by molar-refractivity contribution is -0.120. The molecule has 0 fully saturated rings. The minimum atomic E-state index is 0.177. The average molecular weight is 213 g/mol. The quantitative estimate of drug-likeness (QED) is 0.705. The number of carbonyl (C=O) groups excluding carboxylic acids is 1. The molecule has 16 heavy (non-hydrogen) atoms. The number of hydrogen-bond donors (Lipinski definition) is 1. The third-order valence-corrected chi connectivity index (χ3v) is 3.56. The van der Waals surface area contributed by atoms with Gasteiger partial charge in [0.25, 0.3) is 0 Å². The Morgan fingerprint density at radius 1 is 1.12 bits per heavy atom. The Balaban J connectivity index is 2.17. The molecule has 0 atom stereocenters. The van der Waals surface area contributed by atoms with Crippen LogP contribution in [-0.2, 0) is 11.2 Å². The second kappa shape index (κ2) is 3.48. The van der Waals surface area contributed by atoms with Crippen molar-refractivity contribution in [3.63, 3.8) is 0 Å². The van der Waals surface area contributed by atoms with Crippen molar-refractivity contribution in [2.24, 2.45) is 0 Å². The molecule has 0 saturated heterocycles. The van der Waals surface area contributed by atoms with Gasteiger partial charge in [0.15, 0.2) is 0 Å². The molecular weight excluding hydrogens is 198 g/mol. The Morgan fingerprint density at radius 2 is 2.00 bits per heavy atom. The summed E-state index contributed by atoms with van der Waals surface area (Å²) < 4.78 is 0. The predicted octanol–water partition coefficient (Wildman–Crippen LogP) is 2.56. The van der Waals surface area contributed by atoms with E-state index in [2.05, 4.69) is 30.4 Å². The van der Waals surface area contributed by atoms with E-state index in [1.165, 1.54) is 22.3 Å². The lowest BCUT2D eigenvalue weighted by Gasteiger charge is -2.28. The maximum atomic E-state index is 11.4. The highest BCUT2D eigenvalue weighted by Gasteiger charge is 2.25. The number of aryl methyl sites for hydroxylation is 2. The fourth-order valence-electron chi connectivity index (χ4n) is 2.81. The van der Waals surface area contributed by atoms with E-state index in [0.29, 0.717) is 6.42 Å². The number of rotatable bonds is 0. The predicted molar refractivity (Wildman–Crippen MR) is 63.8 cm³/mol. The summed E-state index contributed by atoms with van der Waals surface area (Å²) in [6.45, 7) is 2.16. The average Bonchev–Trinajstić information content (AvgIpc) is 2.29. The topological polar surface area (TPSA) is 29.1 Å². The van der Waals surface area contributed by atoms with E-state index in [9.17, 15) is 4.79 Å². The first-order valence-electron chi connectivity index (χ1n) is 5.86. The molecule has 1 aromatic carbocycles. The molecule has 0 spiro atoms. The summed E-state index contributed by atoms with van der Waals surface area (Å²) in [5.41, 5.74) is 6.71. The van der Waals surface area contributed by atoms with E-state index in [-0.39, 0.29) is 5.91 Å². The minimum Gasteiger partial charge on any atom is -0.329 e. The van der Waals surface area contributed by atoms with Crippen molar-refractivity contribution < 1.29 is 4.79 Å². The van der Waals surface area contributed by atoms with Crippen molar-refractivity contribution in [2.45, 2.75) is 32.6 Å². The van der Waals surface area contributed by atoms with Gasteiger partial charge in [0, 0.05) is 12.1 Å². The molecule has 1 aliphatic carbocycles. The zero-order valence-corrected chi connectivity index (χ0v) is 9.47. The van der Waals surface area contributed by atoms with Gasteiger partial charge in [0.05, 0.1) is 0 Å². The summed E-state index contributed by atoms with van der Waals surface area (Å²) in [6, 6.07) is 6.49. The molecule has 0 aromatic heterocycles. The number of carbonyl (C=O) groups is 1. The van der Waals surface area contributed by atoms with Crippen molar-refractivity contribution in [3.8, 4) is 0 Å². The molecule has 2 heteroatoms. The fraction of sp³-hybridized carbons (Fsp3) is 0.357. The van der Waals surface area contributed by atoms with Crippen molar-refractivity contribution in [1.82, 2.24) is 5.32 Å². The van der Waals surface area contributed by atoms with E-state index in [1.807, 2.05) is 0 Å². The lowest BCUT2D eigenvalue weighted by Crippen LogP contribution is -2.30. The molecule has 0 bridgehead atoms. The summed E-state index contributed by atoms with van der Waals surface area (Å²) in [5, 5.41) is 3.03.